The predicted molar refractivity (Wildman–Crippen MR) is 69.7 cm³/mol. The first-order chi connectivity index (χ1) is 8.23. The molecule has 0 heterocycles. The predicted octanol–water partition coefficient (Wildman–Crippen LogP) is 4.70. The maximum Gasteiger partial charge on any atom is 0.416 e. The van der Waals surface area contributed by atoms with Gasteiger partial charge >= 0.3 is 6.18 Å². The van der Waals surface area contributed by atoms with Gasteiger partial charge < -0.3 is 5.73 Å². The summed E-state index contributed by atoms with van der Waals surface area (Å²) >= 11 is 0. The molecule has 0 spiro atoms. The van der Waals surface area contributed by atoms with Gasteiger partial charge in [-0.1, -0.05) is 19.9 Å². The van der Waals surface area contributed by atoms with Gasteiger partial charge in [-0.15, -0.1) is 12.4 Å². The Morgan fingerprint density at radius 2 is 1.74 bits per heavy atom. The molecule has 0 aliphatic rings. The summed E-state index contributed by atoms with van der Waals surface area (Å²) < 4.78 is 51.9. The summed E-state index contributed by atoms with van der Waals surface area (Å²) in [7, 11) is 0. The molecule has 0 bridgehead atoms. The Morgan fingerprint density at radius 1 is 1.16 bits per heavy atom. The number of hydrogen-bond donors (Lipinski definition) is 1. The molecule has 0 unspecified atom stereocenters. The lowest BCUT2D eigenvalue weighted by molar-refractivity contribution is -0.138. The minimum absolute atomic E-state index is 0. The van der Waals surface area contributed by atoms with E-state index in [1.807, 2.05) is 13.8 Å². The zero-order chi connectivity index (χ0) is 13.9. The molecule has 1 rings (SSSR count). The fourth-order valence-corrected chi connectivity index (χ4v) is 1.82. The Bertz CT molecular complexity index is 404. The number of nitrogens with two attached hydrogens (primary N) is 1. The largest absolute Gasteiger partial charge is 0.416 e. The first-order valence-electron chi connectivity index (χ1n) is 5.84. The zero-order valence-corrected chi connectivity index (χ0v) is 11.6. The second kappa shape index (κ2) is 7.10. The molecule has 0 saturated heterocycles. The third kappa shape index (κ3) is 4.99. The van der Waals surface area contributed by atoms with E-state index in [-0.39, 0.29) is 12.4 Å². The molecule has 19 heavy (non-hydrogen) atoms. The van der Waals surface area contributed by atoms with Gasteiger partial charge in [0, 0.05) is 11.6 Å². The fraction of sp³-hybridized carbons (Fsp3) is 0.538. The van der Waals surface area contributed by atoms with Gasteiger partial charge in [0.1, 0.15) is 5.82 Å². The molecule has 0 aliphatic carbocycles. The maximum absolute atomic E-state index is 13.6. The topological polar surface area (TPSA) is 26.0 Å². The third-order valence-electron chi connectivity index (χ3n) is 2.78. The van der Waals surface area contributed by atoms with Crippen LogP contribution in [0, 0.1) is 11.7 Å². The lowest BCUT2D eigenvalue weighted by atomic mass is 9.94. The molecule has 1 atom stereocenters. The van der Waals surface area contributed by atoms with Gasteiger partial charge in [0.25, 0.3) is 0 Å². The van der Waals surface area contributed by atoms with Crippen LogP contribution in [-0.2, 0) is 6.18 Å². The highest BCUT2D eigenvalue weighted by Gasteiger charge is 2.35. The molecule has 0 aromatic heterocycles. The number of halogens is 5. The molecule has 2 N–H and O–H groups in total. The Balaban J connectivity index is 0.00000324. The van der Waals surface area contributed by atoms with Gasteiger partial charge in [-0.2, -0.15) is 13.2 Å². The fourth-order valence-electron chi connectivity index (χ4n) is 1.82. The zero-order valence-electron chi connectivity index (χ0n) is 10.8. The van der Waals surface area contributed by atoms with E-state index in [1.165, 1.54) is 0 Å². The van der Waals surface area contributed by atoms with E-state index in [0.717, 1.165) is 18.2 Å². The van der Waals surface area contributed by atoms with Crippen molar-refractivity contribution in [2.45, 2.75) is 38.9 Å². The summed E-state index contributed by atoms with van der Waals surface area (Å²) in [4.78, 5) is 0. The first-order valence-corrected chi connectivity index (χ1v) is 5.84. The van der Waals surface area contributed by atoms with Crippen LogP contribution in [0.2, 0.25) is 0 Å². The lowest BCUT2D eigenvalue weighted by Crippen LogP contribution is -2.19. The summed E-state index contributed by atoms with van der Waals surface area (Å²) in [6.07, 6.45) is -3.58. The molecule has 6 heteroatoms. The summed E-state index contributed by atoms with van der Waals surface area (Å²) in [5.41, 5.74) is 4.30. The molecule has 110 valence electrons. The van der Waals surface area contributed by atoms with E-state index in [4.69, 9.17) is 5.73 Å². The van der Waals surface area contributed by atoms with Gasteiger partial charge in [-0.25, -0.2) is 4.39 Å². The van der Waals surface area contributed by atoms with Crippen molar-refractivity contribution in [3.05, 3.63) is 35.1 Å². The van der Waals surface area contributed by atoms with Crippen LogP contribution in [0.1, 0.15) is 43.9 Å². The Kier molecular flexibility index (Phi) is 6.80. The van der Waals surface area contributed by atoms with Crippen molar-refractivity contribution in [2.24, 2.45) is 11.7 Å². The van der Waals surface area contributed by atoms with Crippen LogP contribution < -0.4 is 5.73 Å². The van der Waals surface area contributed by atoms with Crippen LogP contribution in [0.25, 0.3) is 0 Å². The van der Waals surface area contributed by atoms with Gasteiger partial charge in [-0.3, -0.25) is 0 Å². The van der Waals surface area contributed by atoms with E-state index in [1.54, 1.807) is 0 Å². The molecule has 1 aromatic rings. The van der Waals surface area contributed by atoms with Crippen molar-refractivity contribution < 1.29 is 17.6 Å². The van der Waals surface area contributed by atoms with Gasteiger partial charge in [0.2, 0.25) is 0 Å². The third-order valence-corrected chi connectivity index (χ3v) is 2.78. The summed E-state index contributed by atoms with van der Waals surface area (Å²) in [5.74, 6) is -0.571. The summed E-state index contributed by atoms with van der Waals surface area (Å²) in [5, 5.41) is 0. The van der Waals surface area contributed by atoms with Crippen molar-refractivity contribution in [3.8, 4) is 0 Å². The van der Waals surface area contributed by atoms with E-state index in [2.05, 4.69) is 0 Å². The van der Waals surface area contributed by atoms with Crippen LogP contribution >= 0.6 is 12.4 Å². The van der Waals surface area contributed by atoms with Crippen LogP contribution in [-0.4, -0.2) is 0 Å². The normalized spacial score (nSPS) is 13.3. The van der Waals surface area contributed by atoms with Crippen LogP contribution in [0.4, 0.5) is 17.6 Å². The highest BCUT2D eigenvalue weighted by atomic mass is 35.5. The molecule has 1 aromatic carbocycles. The molecule has 0 radical (unpaired) electrons. The molecular weight excluding hydrogens is 282 g/mol. The van der Waals surface area contributed by atoms with E-state index in [0.29, 0.717) is 18.8 Å². The van der Waals surface area contributed by atoms with Gasteiger partial charge in [0.15, 0.2) is 0 Å². The monoisotopic (exact) mass is 299 g/mol. The number of hydrogen-bond acceptors (Lipinski definition) is 1. The first kappa shape index (κ1) is 18.2. The summed E-state index contributed by atoms with van der Waals surface area (Å²) in [6.45, 7) is 3.89. The molecule has 0 saturated carbocycles. The highest BCUT2D eigenvalue weighted by Crippen LogP contribution is 2.36. The molecular formula is C13H18ClF4N. The minimum Gasteiger partial charge on any atom is -0.324 e. The van der Waals surface area contributed by atoms with E-state index >= 15 is 0 Å². The quantitative estimate of drug-likeness (QED) is 0.801. The van der Waals surface area contributed by atoms with E-state index in [9.17, 15) is 17.6 Å². The van der Waals surface area contributed by atoms with Gasteiger partial charge in [-0.05, 0) is 30.9 Å². The SMILES string of the molecule is CC(C)CC[C@H](N)c1c(F)cccc1C(F)(F)F.Cl. The van der Waals surface area contributed by atoms with Crippen molar-refractivity contribution in [1.82, 2.24) is 0 Å². The molecule has 1 nitrogen and oxygen atoms in total. The van der Waals surface area contributed by atoms with Crippen LogP contribution in [0.3, 0.4) is 0 Å². The number of rotatable bonds is 4. The summed E-state index contributed by atoms with van der Waals surface area (Å²) in [6, 6.07) is 2.01. The smallest absolute Gasteiger partial charge is 0.324 e. The second-order valence-electron chi connectivity index (χ2n) is 4.78. The standard InChI is InChI=1S/C13H17F4N.ClH/c1-8(2)6-7-11(18)12-9(13(15,16)17)4-3-5-10(12)14;/h3-5,8,11H,6-7,18H2,1-2H3;1H/t11-;/m0./s1. The van der Waals surface area contributed by atoms with Crippen LogP contribution in [0.15, 0.2) is 18.2 Å². The number of benzene rings is 1. The van der Waals surface area contributed by atoms with E-state index < -0.39 is 29.2 Å². The van der Waals surface area contributed by atoms with Crippen LogP contribution in [0.5, 0.6) is 0 Å². The maximum atomic E-state index is 13.6. The molecule has 0 amide bonds. The Hall–Kier alpha value is -0.810. The molecule has 0 fully saturated rings. The van der Waals surface area contributed by atoms with Gasteiger partial charge in [0.05, 0.1) is 5.56 Å². The average Bonchev–Trinajstić information content (AvgIpc) is 2.24. The average molecular weight is 300 g/mol. The Morgan fingerprint density at radius 3 is 2.21 bits per heavy atom. The highest BCUT2D eigenvalue weighted by molar-refractivity contribution is 5.85. The lowest BCUT2D eigenvalue weighted by Gasteiger charge is -2.19. The van der Waals surface area contributed by atoms with Crippen molar-refractivity contribution in [1.29, 1.82) is 0 Å². The Labute approximate surface area is 116 Å². The minimum atomic E-state index is -4.58. The number of alkyl halides is 3. The second-order valence-corrected chi connectivity index (χ2v) is 4.78. The van der Waals surface area contributed by atoms with Crippen molar-refractivity contribution in [3.63, 3.8) is 0 Å². The van der Waals surface area contributed by atoms with Crippen molar-refractivity contribution >= 4 is 12.4 Å². The molecule has 0 aliphatic heterocycles. The van der Waals surface area contributed by atoms with Crippen molar-refractivity contribution in [2.75, 3.05) is 0 Å².